The van der Waals surface area contributed by atoms with Crippen molar-refractivity contribution >= 4 is 23.6 Å². The lowest BCUT2D eigenvalue weighted by atomic mass is 10.1. The number of hydrogen-bond acceptors (Lipinski definition) is 4. The molecule has 0 saturated carbocycles. The van der Waals surface area contributed by atoms with Crippen molar-refractivity contribution in [3.8, 4) is 0 Å². The summed E-state index contributed by atoms with van der Waals surface area (Å²) in [7, 11) is 0. The molecule has 1 aliphatic rings. The van der Waals surface area contributed by atoms with E-state index in [0.29, 0.717) is 25.5 Å². The average molecular weight is 233 g/mol. The van der Waals surface area contributed by atoms with Crippen molar-refractivity contribution in [3.63, 3.8) is 0 Å². The minimum Gasteiger partial charge on any atom is -0.481 e. The molecule has 1 unspecified atom stereocenters. The summed E-state index contributed by atoms with van der Waals surface area (Å²) < 4.78 is 5.09. The number of rotatable bonds is 6. The van der Waals surface area contributed by atoms with E-state index in [0.717, 1.165) is 6.42 Å². The fraction of sp³-hybridized carbons (Fsp3) is 0.778. The molecule has 1 heterocycles. The number of nitrogens with one attached hydrogen (secondary N) is 1. The predicted octanol–water partition coefficient (Wildman–Crippen LogP) is -0.0431. The Kier molecular flexibility index (Phi) is 5.49. The highest BCUT2D eigenvalue weighted by molar-refractivity contribution is 7.99. The zero-order valence-corrected chi connectivity index (χ0v) is 9.22. The van der Waals surface area contributed by atoms with E-state index in [9.17, 15) is 9.59 Å². The Morgan fingerprint density at radius 2 is 2.33 bits per heavy atom. The summed E-state index contributed by atoms with van der Waals surface area (Å²) >= 11 is 1.30. The zero-order valence-electron chi connectivity index (χ0n) is 8.40. The molecule has 0 aromatic rings. The molecule has 0 bridgehead atoms. The van der Waals surface area contributed by atoms with Gasteiger partial charge in [0.25, 0.3) is 0 Å². The lowest BCUT2D eigenvalue weighted by Gasteiger charge is -2.08. The van der Waals surface area contributed by atoms with E-state index in [1.54, 1.807) is 0 Å². The van der Waals surface area contributed by atoms with Gasteiger partial charge in [-0.2, -0.15) is 0 Å². The Hall–Kier alpha value is -0.750. The van der Waals surface area contributed by atoms with Gasteiger partial charge in [0.2, 0.25) is 5.91 Å². The number of hydrogen-bond donors (Lipinski definition) is 2. The molecular weight excluding hydrogens is 218 g/mol. The Morgan fingerprint density at radius 1 is 1.53 bits per heavy atom. The highest BCUT2D eigenvalue weighted by Crippen LogP contribution is 2.11. The second-order valence-electron chi connectivity index (χ2n) is 3.30. The van der Waals surface area contributed by atoms with Crippen LogP contribution in [0.25, 0.3) is 0 Å². The third-order valence-corrected chi connectivity index (χ3v) is 3.02. The molecule has 1 rings (SSSR count). The first-order valence-electron chi connectivity index (χ1n) is 4.85. The SMILES string of the molecule is O=C(O)CSCCNC(=O)C1CCOC1. The van der Waals surface area contributed by atoms with Gasteiger partial charge in [-0.15, -0.1) is 11.8 Å². The number of amides is 1. The van der Waals surface area contributed by atoms with Crippen molar-refractivity contribution in [3.05, 3.63) is 0 Å². The van der Waals surface area contributed by atoms with Crippen LogP contribution >= 0.6 is 11.8 Å². The van der Waals surface area contributed by atoms with Gasteiger partial charge in [0.15, 0.2) is 0 Å². The molecule has 0 aromatic carbocycles. The fourth-order valence-electron chi connectivity index (χ4n) is 1.29. The van der Waals surface area contributed by atoms with Gasteiger partial charge >= 0.3 is 5.97 Å². The van der Waals surface area contributed by atoms with E-state index in [-0.39, 0.29) is 17.6 Å². The molecule has 6 heteroatoms. The number of aliphatic carboxylic acids is 1. The van der Waals surface area contributed by atoms with Crippen molar-refractivity contribution < 1.29 is 19.4 Å². The standard InChI is InChI=1S/C9H15NO4S/c11-8(12)6-15-4-2-10-9(13)7-1-3-14-5-7/h7H,1-6H2,(H,10,13)(H,11,12). The lowest BCUT2D eigenvalue weighted by Crippen LogP contribution is -2.32. The number of carbonyl (C=O) groups excluding carboxylic acids is 1. The minimum atomic E-state index is -0.824. The summed E-state index contributed by atoms with van der Waals surface area (Å²) in [4.78, 5) is 21.6. The molecule has 0 spiro atoms. The molecule has 15 heavy (non-hydrogen) atoms. The predicted molar refractivity (Wildman–Crippen MR) is 56.9 cm³/mol. The fourth-order valence-corrected chi connectivity index (χ4v) is 1.86. The first kappa shape index (κ1) is 12.3. The topological polar surface area (TPSA) is 75.6 Å². The number of ether oxygens (including phenoxy) is 1. The molecule has 0 aliphatic carbocycles. The smallest absolute Gasteiger partial charge is 0.313 e. The van der Waals surface area contributed by atoms with Crippen LogP contribution in [0.15, 0.2) is 0 Å². The molecular formula is C9H15NO4S. The van der Waals surface area contributed by atoms with Gasteiger partial charge in [0, 0.05) is 18.9 Å². The normalized spacial score (nSPS) is 20.1. The first-order chi connectivity index (χ1) is 7.20. The Morgan fingerprint density at radius 3 is 2.93 bits per heavy atom. The molecule has 1 saturated heterocycles. The van der Waals surface area contributed by atoms with Crippen molar-refractivity contribution in [1.29, 1.82) is 0 Å². The van der Waals surface area contributed by atoms with E-state index >= 15 is 0 Å². The van der Waals surface area contributed by atoms with Gasteiger partial charge < -0.3 is 15.2 Å². The third kappa shape index (κ3) is 5.03. The largest absolute Gasteiger partial charge is 0.481 e. The Balaban J connectivity index is 1.99. The highest BCUT2D eigenvalue weighted by atomic mass is 32.2. The molecule has 1 aliphatic heterocycles. The van der Waals surface area contributed by atoms with Crippen LogP contribution in [0.4, 0.5) is 0 Å². The van der Waals surface area contributed by atoms with Gasteiger partial charge in [-0.25, -0.2) is 0 Å². The zero-order chi connectivity index (χ0) is 11.1. The summed E-state index contributed by atoms with van der Waals surface area (Å²) in [6, 6.07) is 0. The van der Waals surface area contributed by atoms with Crippen LogP contribution in [0, 0.1) is 5.92 Å². The summed E-state index contributed by atoms with van der Waals surface area (Å²) in [5, 5.41) is 11.1. The van der Waals surface area contributed by atoms with Crippen molar-refractivity contribution in [1.82, 2.24) is 5.32 Å². The van der Waals surface area contributed by atoms with E-state index in [2.05, 4.69) is 5.32 Å². The number of carbonyl (C=O) groups is 2. The van der Waals surface area contributed by atoms with Crippen LogP contribution in [0.3, 0.4) is 0 Å². The van der Waals surface area contributed by atoms with E-state index in [4.69, 9.17) is 9.84 Å². The summed E-state index contributed by atoms with van der Waals surface area (Å²) in [6.45, 7) is 1.69. The molecule has 1 atom stereocenters. The Bertz CT molecular complexity index is 228. The summed E-state index contributed by atoms with van der Waals surface area (Å²) in [5.74, 6) is -0.109. The van der Waals surface area contributed by atoms with E-state index < -0.39 is 5.97 Å². The average Bonchev–Trinajstić information content (AvgIpc) is 2.69. The monoisotopic (exact) mass is 233 g/mol. The second kappa shape index (κ2) is 6.68. The van der Waals surface area contributed by atoms with Gasteiger partial charge in [0.1, 0.15) is 0 Å². The first-order valence-corrected chi connectivity index (χ1v) is 6.00. The van der Waals surface area contributed by atoms with Crippen LogP contribution in [-0.4, -0.2) is 48.2 Å². The van der Waals surface area contributed by atoms with Crippen molar-refractivity contribution in [2.45, 2.75) is 6.42 Å². The number of thioether (sulfide) groups is 1. The van der Waals surface area contributed by atoms with Crippen LogP contribution in [0.1, 0.15) is 6.42 Å². The van der Waals surface area contributed by atoms with Crippen LogP contribution < -0.4 is 5.32 Å². The summed E-state index contributed by atoms with van der Waals surface area (Å²) in [5.41, 5.74) is 0. The number of carboxylic acids is 1. The molecule has 5 nitrogen and oxygen atoms in total. The highest BCUT2D eigenvalue weighted by Gasteiger charge is 2.22. The molecule has 86 valence electrons. The molecule has 0 aromatic heterocycles. The molecule has 0 radical (unpaired) electrons. The van der Waals surface area contributed by atoms with Crippen LogP contribution in [-0.2, 0) is 14.3 Å². The van der Waals surface area contributed by atoms with Crippen LogP contribution in [0.2, 0.25) is 0 Å². The molecule has 1 amide bonds. The van der Waals surface area contributed by atoms with Gasteiger partial charge in [-0.05, 0) is 6.42 Å². The summed E-state index contributed by atoms with van der Waals surface area (Å²) in [6.07, 6.45) is 0.786. The Labute approximate surface area is 92.6 Å². The van der Waals surface area contributed by atoms with Gasteiger partial charge in [0.05, 0.1) is 18.3 Å². The van der Waals surface area contributed by atoms with Crippen molar-refractivity contribution in [2.75, 3.05) is 31.3 Å². The van der Waals surface area contributed by atoms with E-state index in [1.165, 1.54) is 11.8 Å². The minimum absolute atomic E-state index is 0.0171. The number of carboxylic acid groups (broad SMARTS) is 1. The third-order valence-electron chi connectivity index (χ3n) is 2.07. The second-order valence-corrected chi connectivity index (χ2v) is 4.40. The molecule has 2 N–H and O–H groups in total. The van der Waals surface area contributed by atoms with Gasteiger partial charge in [-0.3, -0.25) is 9.59 Å². The van der Waals surface area contributed by atoms with Crippen molar-refractivity contribution in [2.24, 2.45) is 5.92 Å². The quantitative estimate of drug-likeness (QED) is 0.629. The lowest BCUT2D eigenvalue weighted by molar-refractivity contribution is -0.134. The maximum absolute atomic E-state index is 11.4. The van der Waals surface area contributed by atoms with Gasteiger partial charge in [-0.1, -0.05) is 0 Å². The maximum Gasteiger partial charge on any atom is 0.313 e. The maximum atomic E-state index is 11.4. The molecule has 1 fully saturated rings. The van der Waals surface area contributed by atoms with E-state index in [1.807, 2.05) is 0 Å². The van der Waals surface area contributed by atoms with Crippen LogP contribution in [0.5, 0.6) is 0 Å².